The number of nitrogens with zero attached hydrogens (tertiary/aromatic N) is 1. The summed E-state index contributed by atoms with van der Waals surface area (Å²) in [6.07, 6.45) is 1.89. The number of piperidine rings is 1. The van der Waals surface area contributed by atoms with Crippen LogP contribution in [-0.4, -0.2) is 31.9 Å². The van der Waals surface area contributed by atoms with Crippen LogP contribution in [0.15, 0.2) is 23.1 Å². The molecule has 0 radical (unpaired) electrons. The van der Waals surface area contributed by atoms with Gasteiger partial charge in [0, 0.05) is 24.2 Å². The molecule has 7 heteroatoms. The van der Waals surface area contributed by atoms with Crippen LogP contribution in [0.25, 0.3) is 0 Å². The molecule has 0 aliphatic carbocycles. The van der Waals surface area contributed by atoms with Gasteiger partial charge in [-0.25, -0.2) is 8.42 Å². The predicted molar refractivity (Wildman–Crippen MR) is 88.6 cm³/mol. The molecule has 2 rings (SSSR count). The summed E-state index contributed by atoms with van der Waals surface area (Å²) < 4.78 is 27.3. The molecule has 0 amide bonds. The standard InChI is InChI=1S/C14H21ClN2O2S.ClH/c1-10-4-3-7-17(13(10)9-16)20(18,19)14-8-12(15)6-5-11(14)2;/h5-6,8,10,13H,3-4,7,9,16H2,1-2H3;1H. The lowest BCUT2D eigenvalue weighted by atomic mass is 9.93. The minimum atomic E-state index is -3.54. The van der Waals surface area contributed by atoms with Gasteiger partial charge in [-0.15, -0.1) is 12.4 Å². The lowest BCUT2D eigenvalue weighted by Gasteiger charge is -2.38. The van der Waals surface area contributed by atoms with Gasteiger partial charge in [0.2, 0.25) is 10.0 Å². The van der Waals surface area contributed by atoms with E-state index < -0.39 is 10.0 Å². The average molecular weight is 353 g/mol. The molecule has 2 N–H and O–H groups in total. The summed E-state index contributed by atoms with van der Waals surface area (Å²) in [6, 6.07) is 4.83. The van der Waals surface area contributed by atoms with Crippen LogP contribution in [0.2, 0.25) is 5.02 Å². The number of aryl methyl sites for hydroxylation is 1. The Balaban J connectivity index is 0.00000220. The SMILES string of the molecule is Cc1ccc(Cl)cc1S(=O)(=O)N1CCCC(C)C1CN.Cl. The molecule has 21 heavy (non-hydrogen) atoms. The van der Waals surface area contributed by atoms with E-state index in [4.69, 9.17) is 17.3 Å². The Morgan fingerprint density at radius 3 is 2.71 bits per heavy atom. The minimum Gasteiger partial charge on any atom is -0.329 e. The Morgan fingerprint density at radius 1 is 1.43 bits per heavy atom. The molecule has 2 unspecified atom stereocenters. The molecule has 1 fully saturated rings. The first kappa shape index (κ1) is 18.7. The van der Waals surface area contributed by atoms with Crippen molar-refractivity contribution in [3.05, 3.63) is 28.8 Å². The van der Waals surface area contributed by atoms with Crippen LogP contribution in [0.4, 0.5) is 0 Å². The normalized spacial score (nSPS) is 23.6. The maximum Gasteiger partial charge on any atom is 0.243 e. The third kappa shape index (κ3) is 3.71. The fourth-order valence-electron chi connectivity index (χ4n) is 2.84. The van der Waals surface area contributed by atoms with Crippen molar-refractivity contribution in [2.75, 3.05) is 13.1 Å². The zero-order valence-corrected chi connectivity index (χ0v) is 14.6. The number of hydrogen-bond acceptors (Lipinski definition) is 3. The molecule has 1 heterocycles. The second-order valence-electron chi connectivity index (χ2n) is 5.45. The van der Waals surface area contributed by atoms with Gasteiger partial charge in [0.15, 0.2) is 0 Å². The Kier molecular flexibility index (Phi) is 6.50. The number of hydrogen-bond donors (Lipinski definition) is 1. The molecule has 2 atom stereocenters. The number of benzene rings is 1. The summed E-state index contributed by atoms with van der Waals surface area (Å²) in [7, 11) is -3.54. The smallest absolute Gasteiger partial charge is 0.243 e. The first-order chi connectivity index (χ1) is 9.37. The van der Waals surface area contributed by atoms with Crippen LogP contribution < -0.4 is 5.73 Å². The van der Waals surface area contributed by atoms with Crippen molar-refractivity contribution in [2.24, 2.45) is 11.7 Å². The third-order valence-electron chi connectivity index (χ3n) is 4.04. The number of nitrogens with two attached hydrogens (primary N) is 1. The maximum absolute atomic E-state index is 12.9. The van der Waals surface area contributed by atoms with Gasteiger partial charge in [0.05, 0.1) is 4.90 Å². The van der Waals surface area contributed by atoms with Crippen molar-refractivity contribution >= 4 is 34.0 Å². The van der Waals surface area contributed by atoms with E-state index in [9.17, 15) is 8.42 Å². The monoisotopic (exact) mass is 352 g/mol. The van der Waals surface area contributed by atoms with E-state index in [-0.39, 0.29) is 29.3 Å². The van der Waals surface area contributed by atoms with Gasteiger partial charge < -0.3 is 5.73 Å². The van der Waals surface area contributed by atoms with Crippen molar-refractivity contribution in [3.63, 3.8) is 0 Å². The molecule has 1 saturated heterocycles. The topological polar surface area (TPSA) is 63.4 Å². The average Bonchev–Trinajstić information content (AvgIpc) is 2.41. The second kappa shape index (κ2) is 7.29. The molecule has 0 spiro atoms. The molecule has 1 aromatic rings. The van der Waals surface area contributed by atoms with Crippen LogP contribution in [0.1, 0.15) is 25.3 Å². The summed E-state index contributed by atoms with van der Waals surface area (Å²) in [5.74, 6) is 0.281. The zero-order chi connectivity index (χ0) is 14.9. The molecular formula is C14H22Cl2N2O2S. The molecule has 0 aromatic heterocycles. The first-order valence-electron chi connectivity index (χ1n) is 6.86. The highest BCUT2D eigenvalue weighted by atomic mass is 35.5. The summed E-state index contributed by atoms with van der Waals surface area (Å²) in [5, 5.41) is 0.434. The lowest BCUT2D eigenvalue weighted by Crippen LogP contribution is -2.51. The second-order valence-corrected chi connectivity index (χ2v) is 7.74. The highest BCUT2D eigenvalue weighted by Crippen LogP contribution is 2.30. The fraction of sp³-hybridized carbons (Fsp3) is 0.571. The molecule has 1 aromatic carbocycles. The van der Waals surface area contributed by atoms with E-state index in [2.05, 4.69) is 6.92 Å². The summed E-state index contributed by atoms with van der Waals surface area (Å²) in [4.78, 5) is 0.289. The predicted octanol–water partition coefficient (Wildman–Crippen LogP) is 2.82. The van der Waals surface area contributed by atoms with Crippen LogP contribution in [-0.2, 0) is 10.0 Å². The van der Waals surface area contributed by atoms with Crippen molar-refractivity contribution in [1.29, 1.82) is 0 Å². The van der Waals surface area contributed by atoms with Gasteiger partial charge in [0.1, 0.15) is 0 Å². The first-order valence-corrected chi connectivity index (χ1v) is 8.67. The number of halogens is 2. The molecule has 1 aliphatic rings. The van der Waals surface area contributed by atoms with Crippen molar-refractivity contribution in [3.8, 4) is 0 Å². The Hall–Kier alpha value is -0.330. The maximum atomic E-state index is 12.9. The van der Waals surface area contributed by atoms with Crippen LogP contribution in [0.3, 0.4) is 0 Å². The number of sulfonamides is 1. The van der Waals surface area contributed by atoms with Gasteiger partial charge in [-0.1, -0.05) is 24.6 Å². The highest BCUT2D eigenvalue weighted by molar-refractivity contribution is 7.89. The Labute approximate surface area is 138 Å². The van der Waals surface area contributed by atoms with Gasteiger partial charge >= 0.3 is 0 Å². The third-order valence-corrected chi connectivity index (χ3v) is 6.34. The van der Waals surface area contributed by atoms with Crippen LogP contribution in [0.5, 0.6) is 0 Å². The van der Waals surface area contributed by atoms with Crippen LogP contribution >= 0.6 is 24.0 Å². The Bertz CT molecular complexity index is 593. The van der Waals surface area contributed by atoms with Crippen molar-refractivity contribution in [2.45, 2.75) is 37.6 Å². The molecular weight excluding hydrogens is 331 g/mol. The molecule has 4 nitrogen and oxygen atoms in total. The Morgan fingerprint density at radius 2 is 2.10 bits per heavy atom. The molecule has 0 bridgehead atoms. The van der Waals surface area contributed by atoms with E-state index in [1.54, 1.807) is 23.4 Å². The lowest BCUT2D eigenvalue weighted by molar-refractivity contribution is 0.192. The van der Waals surface area contributed by atoms with E-state index in [0.29, 0.717) is 23.7 Å². The zero-order valence-electron chi connectivity index (χ0n) is 12.3. The van der Waals surface area contributed by atoms with Gasteiger partial charge in [0.25, 0.3) is 0 Å². The molecule has 0 saturated carbocycles. The van der Waals surface area contributed by atoms with E-state index in [1.807, 2.05) is 0 Å². The van der Waals surface area contributed by atoms with Crippen LogP contribution in [0, 0.1) is 12.8 Å². The quantitative estimate of drug-likeness (QED) is 0.909. The van der Waals surface area contributed by atoms with E-state index in [1.165, 1.54) is 6.07 Å². The minimum absolute atomic E-state index is 0. The van der Waals surface area contributed by atoms with Crippen molar-refractivity contribution < 1.29 is 8.42 Å². The van der Waals surface area contributed by atoms with Gasteiger partial charge in [-0.05, 0) is 43.4 Å². The molecule has 1 aliphatic heterocycles. The summed E-state index contributed by atoms with van der Waals surface area (Å²) in [6.45, 7) is 4.72. The number of rotatable bonds is 3. The van der Waals surface area contributed by atoms with Gasteiger partial charge in [-0.2, -0.15) is 4.31 Å². The summed E-state index contributed by atoms with van der Waals surface area (Å²) in [5.41, 5.74) is 6.51. The van der Waals surface area contributed by atoms with Crippen molar-refractivity contribution in [1.82, 2.24) is 4.31 Å². The summed E-state index contributed by atoms with van der Waals surface area (Å²) >= 11 is 5.95. The highest BCUT2D eigenvalue weighted by Gasteiger charge is 2.37. The molecule has 120 valence electrons. The fourth-order valence-corrected chi connectivity index (χ4v) is 5.10. The largest absolute Gasteiger partial charge is 0.329 e. The van der Waals surface area contributed by atoms with Gasteiger partial charge in [-0.3, -0.25) is 0 Å². The van der Waals surface area contributed by atoms with E-state index in [0.717, 1.165) is 12.8 Å². The van der Waals surface area contributed by atoms with E-state index >= 15 is 0 Å².